The van der Waals surface area contributed by atoms with Crippen LogP contribution in [0, 0.1) is 0 Å². The summed E-state index contributed by atoms with van der Waals surface area (Å²) in [5.74, 6) is 0.407. The second-order valence-electron chi connectivity index (χ2n) is 6.62. The molecule has 0 aromatic heterocycles. The van der Waals surface area contributed by atoms with Crippen LogP contribution in [0.1, 0.15) is 32.3 Å². The highest BCUT2D eigenvalue weighted by Crippen LogP contribution is 2.36. The topological polar surface area (TPSA) is 58.6 Å². The van der Waals surface area contributed by atoms with Crippen molar-refractivity contribution in [2.75, 3.05) is 16.8 Å². The third kappa shape index (κ3) is 3.83. The molecule has 26 heavy (non-hydrogen) atoms. The van der Waals surface area contributed by atoms with E-state index in [2.05, 4.69) is 19.2 Å². The number of halogens is 1. The van der Waals surface area contributed by atoms with Crippen molar-refractivity contribution in [2.24, 2.45) is 0 Å². The predicted molar refractivity (Wildman–Crippen MR) is 103 cm³/mol. The van der Waals surface area contributed by atoms with Crippen molar-refractivity contribution in [1.29, 1.82) is 0 Å². The normalized spacial score (nSPS) is 16.3. The van der Waals surface area contributed by atoms with Gasteiger partial charge in [0.15, 0.2) is 6.10 Å². The molecule has 0 saturated heterocycles. The molecule has 5 nitrogen and oxygen atoms in total. The van der Waals surface area contributed by atoms with Gasteiger partial charge >= 0.3 is 0 Å². The minimum atomic E-state index is -0.651. The Hall–Kier alpha value is -2.53. The van der Waals surface area contributed by atoms with Crippen LogP contribution < -0.4 is 15.0 Å². The van der Waals surface area contributed by atoms with Crippen molar-refractivity contribution in [2.45, 2.75) is 32.8 Å². The van der Waals surface area contributed by atoms with E-state index in [1.807, 2.05) is 24.3 Å². The van der Waals surface area contributed by atoms with E-state index in [4.69, 9.17) is 16.3 Å². The van der Waals surface area contributed by atoms with E-state index in [9.17, 15) is 9.59 Å². The maximum atomic E-state index is 12.5. The van der Waals surface area contributed by atoms with Crippen LogP contribution in [0.25, 0.3) is 0 Å². The van der Waals surface area contributed by atoms with Gasteiger partial charge in [-0.3, -0.25) is 14.5 Å². The van der Waals surface area contributed by atoms with E-state index >= 15 is 0 Å². The van der Waals surface area contributed by atoms with Crippen LogP contribution in [0.5, 0.6) is 5.75 Å². The Morgan fingerprint density at radius 1 is 1.23 bits per heavy atom. The summed E-state index contributed by atoms with van der Waals surface area (Å²) in [4.78, 5) is 26.4. The number of anilines is 2. The third-order valence-electron chi connectivity index (χ3n) is 4.29. The van der Waals surface area contributed by atoms with E-state index in [1.54, 1.807) is 25.1 Å². The zero-order valence-electron chi connectivity index (χ0n) is 15.0. The molecule has 0 radical (unpaired) electrons. The van der Waals surface area contributed by atoms with E-state index < -0.39 is 6.10 Å². The summed E-state index contributed by atoms with van der Waals surface area (Å²) in [5, 5.41) is 3.31. The Bertz CT molecular complexity index is 833. The van der Waals surface area contributed by atoms with Gasteiger partial charge in [0, 0.05) is 10.7 Å². The number of hydrogen-bond acceptors (Lipinski definition) is 3. The lowest BCUT2D eigenvalue weighted by molar-refractivity contribution is -0.127. The summed E-state index contributed by atoms with van der Waals surface area (Å²) in [7, 11) is 0. The van der Waals surface area contributed by atoms with Gasteiger partial charge in [-0.25, -0.2) is 0 Å². The Morgan fingerprint density at radius 2 is 1.92 bits per heavy atom. The van der Waals surface area contributed by atoms with Crippen molar-refractivity contribution in [3.8, 4) is 5.75 Å². The zero-order valence-corrected chi connectivity index (χ0v) is 15.7. The van der Waals surface area contributed by atoms with Crippen molar-refractivity contribution in [3.63, 3.8) is 0 Å². The fourth-order valence-corrected chi connectivity index (χ4v) is 3.01. The maximum Gasteiger partial charge on any atom is 0.268 e. The van der Waals surface area contributed by atoms with Gasteiger partial charge < -0.3 is 10.1 Å². The van der Waals surface area contributed by atoms with Crippen molar-refractivity contribution in [3.05, 3.63) is 53.1 Å². The number of fused-ring (bicyclic) bond motifs is 1. The summed E-state index contributed by atoms with van der Waals surface area (Å²) in [6, 6.07) is 12.7. The lowest BCUT2D eigenvalue weighted by Crippen LogP contribution is -2.47. The minimum Gasteiger partial charge on any atom is -0.479 e. The number of carbonyl (C=O) groups excluding carboxylic acids is 2. The smallest absolute Gasteiger partial charge is 0.268 e. The van der Waals surface area contributed by atoms with Crippen molar-refractivity contribution < 1.29 is 14.3 Å². The van der Waals surface area contributed by atoms with Gasteiger partial charge in [0.1, 0.15) is 12.3 Å². The number of hydrogen-bond donors (Lipinski definition) is 1. The Morgan fingerprint density at radius 3 is 2.58 bits per heavy atom. The van der Waals surface area contributed by atoms with Crippen LogP contribution in [-0.4, -0.2) is 24.5 Å². The lowest BCUT2D eigenvalue weighted by Gasteiger charge is -2.32. The number of amides is 2. The number of rotatable bonds is 4. The first kappa shape index (κ1) is 18.3. The number of nitrogens with one attached hydrogen (secondary N) is 1. The van der Waals surface area contributed by atoms with E-state index in [-0.39, 0.29) is 18.4 Å². The second-order valence-corrected chi connectivity index (χ2v) is 7.06. The molecular formula is C20H21ClN2O3. The Balaban J connectivity index is 1.76. The van der Waals surface area contributed by atoms with Gasteiger partial charge in [0.2, 0.25) is 5.91 Å². The fraction of sp³-hybridized carbons (Fsp3) is 0.300. The second kappa shape index (κ2) is 7.38. The molecule has 1 unspecified atom stereocenters. The molecule has 0 saturated carbocycles. The fourth-order valence-electron chi connectivity index (χ4n) is 2.84. The first-order chi connectivity index (χ1) is 12.3. The summed E-state index contributed by atoms with van der Waals surface area (Å²) < 4.78 is 5.58. The Labute approximate surface area is 157 Å². The monoisotopic (exact) mass is 372 g/mol. The summed E-state index contributed by atoms with van der Waals surface area (Å²) >= 11 is 6.04. The molecule has 3 rings (SSSR count). The largest absolute Gasteiger partial charge is 0.479 e. The quantitative estimate of drug-likeness (QED) is 0.874. The molecular weight excluding hydrogens is 352 g/mol. The lowest BCUT2D eigenvalue weighted by atomic mass is 10.0. The maximum absolute atomic E-state index is 12.5. The SMILES string of the molecule is CC1Oc2ccc(Cl)cc2N(CC(=O)Nc2ccc(C(C)C)cc2)C1=O. The Kier molecular flexibility index (Phi) is 5.18. The summed E-state index contributed by atoms with van der Waals surface area (Å²) in [6.45, 7) is 5.78. The number of carbonyl (C=O) groups is 2. The third-order valence-corrected chi connectivity index (χ3v) is 4.53. The zero-order chi connectivity index (χ0) is 18.8. The van der Waals surface area contributed by atoms with Gasteiger partial charge in [-0.1, -0.05) is 37.6 Å². The highest BCUT2D eigenvalue weighted by atomic mass is 35.5. The van der Waals surface area contributed by atoms with Crippen LogP contribution in [0.4, 0.5) is 11.4 Å². The van der Waals surface area contributed by atoms with Gasteiger partial charge in [0.25, 0.3) is 5.91 Å². The highest BCUT2D eigenvalue weighted by Gasteiger charge is 2.32. The first-order valence-electron chi connectivity index (χ1n) is 8.52. The summed E-state index contributed by atoms with van der Waals surface area (Å²) in [5.41, 5.74) is 2.40. The minimum absolute atomic E-state index is 0.105. The standard InChI is InChI=1S/C20H21ClN2O3/c1-12(2)14-4-7-16(8-5-14)22-19(24)11-23-17-10-15(21)6-9-18(17)26-13(3)20(23)25/h4-10,12-13H,11H2,1-3H3,(H,22,24). The first-order valence-corrected chi connectivity index (χ1v) is 8.90. The molecule has 0 aliphatic carbocycles. The molecule has 2 amide bonds. The molecule has 136 valence electrons. The summed E-state index contributed by atoms with van der Waals surface area (Å²) in [6.07, 6.45) is -0.651. The molecule has 1 aliphatic rings. The highest BCUT2D eigenvalue weighted by molar-refractivity contribution is 6.31. The van der Waals surface area contributed by atoms with Gasteiger partial charge in [-0.15, -0.1) is 0 Å². The van der Waals surface area contributed by atoms with E-state index in [0.29, 0.717) is 28.1 Å². The molecule has 0 bridgehead atoms. The van der Waals surface area contributed by atoms with Crippen molar-refractivity contribution in [1.82, 2.24) is 0 Å². The molecule has 2 aromatic rings. The van der Waals surface area contributed by atoms with Gasteiger partial charge in [0.05, 0.1) is 5.69 Å². The molecule has 0 spiro atoms. The van der Waals surface area contributed by atoms with Crippen LogP contribution in [0.3, 0.4) is 0 Å². The number of ether oxygens (including phenoxy) is 1. The molecule has 1 atom stereocenters. The van der Waals surface area contributed by atoms with Crippen LogP contribution >= 0.6 is 11.6 Å². The molecule has 1 N–H and O–H groups in total. The average Bonchev–Trinajstić information content (AvgIpc) is 2.60. The average molecular weight is 373 g/mol. The predicted octanol–water partition coefficient (Wildman–Crippen LogP) is 4.22. The van der Waals surface area contributed by atoms with Crippen LogP contribution in [0.15, 0.2) is 42.5 Å². The molecule has 2 aromatic carbocycles. The number of benzene rings is 2. The van der Waals surface area contributed by atoms with E-state index in [0.717, 1.165) is 0 Å². The van der Waals surface area contributed by atoms with E-state index in [1.165, 1.54) is 10.5 Å². The van der Waals surface area contributed by atoms with Gasteiger partial charge in [-0.2, -0.15) is 0 Å². The molecule has 0 fully saturated rings. The van der Waals surface area contributed by atoms with Crippen LogP contribution in [-0.2, 0) is 9.59 Å². The molecule has 1 heterocycles. The van der Waals surface area contributed by atoms with Crippen molar-refractivity contribution >= 4 is 34.8 Å². The molecule has 6 heteroatoms. The molecule has 1 aliphatic heterocycles. The van der Waals surface area contributed by atoms with Crippen LogP contribution in [0.2, 0.25) is 5.02 Å². The number of nitrogens with zero attached hydrogens (tertiary/aromatic N) is 1. The van der Waals surface area contributed by atoms with Gasteiger partial charge in [-0.05, 0) is 48.7 Å².